The Morgan fingerprint density at radius 2 is 2.00 bits per heavy atom. The maximum atomic E-state index is 12.5. The van der Waals surface area contributed by atoms with Crippen LogP contribution in [0, 0.1) is 11.3 Å². The van der Waals surface area contributed by atoms with E-state index in [2.05, 4.69) is 20.1 Å². The fourth-order valence-corrected chi connectivity index (χ4v) is 3.17. The molecule has 4 rings (SSSR count). The molecule has 0 aromatic carbocycles. The number of rotatable bonds is 2. The summed E-state index contributed by atoms with van der Waals surface area (Å²) in [7, 11) is 0. The van der Waals surface area contributed by atoms with Crippen molar-refractivity contribution >= 4 is 11.0 Å². The SMILES string of the molecule is N#Cc1nn(C2CCCC2)c2nc(-c3ccncc3)[nH]c(=O)c12. The molecule has 3 aromatic rings. The van der Waals surface area contributed by atoms with Gasteiger partial charge in [-0.25, -0.2) is 9.67 Å². The number of aromatic nitrogens is 5. The summed E-state index contributed by atoms with van der Waals surface area (Å²) in [6.45, 7) is 0. The number of nitriles is 1. The van der Waals surface area contributed by atoms with Gasteiger partial charge in [0.05, 0.1) is 6.04 Å². The highest BCUT2D eigenvalue weighted by Gasteiger charge is 2.24. The van der Waals surface area contributed by atoms with Crippen LogP contribution in [-0.4, -0.2) is 24.7 Å². The molecule has 0 amide bonds. The van der Waals surface area contributed by atoms with Gasteiger partial charge in [0.2, 0.25) is 0 Å². The van der Waals surface area contributed by atoms with E-state index in [0.29, 0.717) is 11.5 Å². The van der Waals surface area contributed by atoms with Gasteiger partial charge in [-0.2, -0.15) is 10.4 Å². The highest BCUT2D eigenvalue weighted by molar-refractivity contribution is 5.81. The van der Waals surface area contributed by atoms with Crippen LogP contribution in [0.2, 0.25) is 0 Å². The van der Waals surface area contributed by atoms with E-state index in [0.717, 1.165) is 31.2 Å². The third-order valence-corrected chi connectivity index (χ3v) is 4.29. The van der Waals surface area contributed by atoms with Crippen LogP contribution in [0.1, 0.15) is 37.4 Å². The van der Waals surface area contributed by atoms with Crippen LogP contribution in [0.3, 0.4) is 0 Å². The topological polar surface area (TPSA) is 100 Å². The van der Waals surface area contributed by atoms with Crippen LogP contribution in [0.25, 0.3) is 22.4 Å². The zero-order valence-corrected chi connectivity index (χ0v) is 12.4. The van der Waals surface area contributed by atoms with Crippen LogP contribution < -0.4 is 5.56 Å². The molecule has 7 nitrogen and oxygen atoms in total. The predicted octanol–water partition coefficient (Wildman–Crippen LogP) is 2.17. The summed E-state index contributed by atoms with van der Waals surface area (Å²) in [6.07, 6.45) is 7.56. The average Bonchev–Trinajstić information content (AvgIpc) is 3.22. The quantitative estimate of drug-likeness (QED) is 0.782. The summed E-state index contributed by atoms with van der Waals surface area (Å²) in [4.78, 5) is 23.8. The number of hydrogen-bond donors (Lipinski definition) is 1. The zero-order chi connectivity index (χ0) is 15.8. The maximum Gasteiger partial charge on any atom is 0.263 e. The summed E-state index contributed by atoms with van der Waals surface area (Å²) in [5.74, 6) is 0.466. The lowest BCUT2D eigenvalue weighted by Crippen LogP contribution is -2.12. The number of H-pyrrole nitrogens is 1. The average molecular weight is 306 g/mol. The number of fused-ring (bicyclic) bond motifs is 1. The van der Waals surface area contributed by atoms with Gasteiger partial charge in [-0.1, -0.05) is 12.8 Å². The zero-order valence-electron chi connectivity index (χ0n) is 12.4. The number of pyridine rings is 1. The van der Waals surface area contributed by atoms with E-state index in [1.165, 1.54) is 0 Å². The van der Waals surface area contributed by atoms with Crippen LogP contribution in [0.4, 0.5) is 0 Å². The van der Waals surface area contributed by atoms with Crippen molar-refractivity contribution < 1.29 is 0 Å². The molecule has 0 aliphatic heterocycles. The van der Waals surface area contributed by atoms with Crippen molar-refractivity contribution in [2.24, 2.45) is 0 Å². The molecule has 114 valence electrons. The Balaban J connectivity index is 1.99. The van der Waals surface area contributed by atoms with Gasteiger partial charge in [0, 0.05) is 18.0 Å². The predicted molar refractivity (Wildman–Crippen MR) is 83.6 cm³/mol. The molecular weight excluding hydrogens is 292 g/mol. The van der Waals surface area contributed by atoms with Gasteiger partial charge < -0.3 is 4.98 Å². The third kappa shape index (κ3) is 2.19. The van der Waals surface area contributed by atoms with E-state index in [1.807, 2.05) is 6.07 Å². The molecule has 0 bridgehead atoms. The third-order valence-electron chi connectivity index (χ3n) is 4.29. The molecule has 1 fully saturated rings. The molecule has 23 heavy (non-hydrogen) atoms. The van der Waals surface area contributed by atoms with Crippen molar-refractivity contribution in [3.63, 3.8) is 0 Å². The molecule has 0 saturated heterocycles. The molecule has 0 radical (unpaired) electrons. The Kier molecular flexibility index (Phi) is 3.15. The monoisotopic (exact) mass is 306 g/mol. The number of hydrogen-bond acceptors (Lipinski definition) is 5. The Bertz CT molecular complexity index is 960. The molecule has 1 saturated carbocycles. The normalized spacial score (nSPS) is 15.1. The van der Waals surface area contributed by atoms with Gasteiger partial charge in [-0.15, -0.1) is 0 Å². The van der Waals surface area contributed by atoms with Crippen molar-refractivity contribution in [3.8, 4) is 17.5 Å². The molecule has 0 spiro atoms. The van der Waals surface area contributed by atoms with E-state index in [1.54, 1.807) is 29.2 Å². The van der Waals surface area contributed by atoms with Gasteiger partial charge in [-0.05, 0) is 25.0 Å². The Morgan fingerprint density at radius 3 is 2.70 bits per heavy atom. The summed E-state index contributed by atoms with van der Waals surface area (Å²) in [5.41, 5.74) is 1.07. The first-order valence-corrected chi connectivity index (χ1v) is 7.61. The van der Waals surface area contributed by atoms with Crippen molar-refractivity contribution in [1.82, 2.24) is 24.7 Å². The van der Waals surface area contributed by atoms with E-state index >= 15 is 0 Å². The van der Waals surface area contributed by atoms with Crippen LogP contribution in [0.15, 0.2) is 29.3 Å². The molecule has 3 aromatic heterocycles. The maximum absolute atomic E-state index is 12.5. The van der Waals surface area contributed by atoms with E-state index in [9.17, 15) is 10.1 Å². The van der Waals surface area contributed by atoms with Crippen molar-refractivity contribution in [3.05, 3.63) is 40.6 Å². The van der Waals surface area contributed by atoms with Crippen molar-refractivity contribution in [2.45, 2.75) is 31.7 Å². The fourth-order valence-electron chi connectivity index (χ4n) is 3.17. The van der Waals surface area contributed by atoms with Crippen LogP contribution in [0.5, 0.6) is 0 Å². The highest BCUT2D eigenvalue weighted by atomic mass is 16.1. The second-order valence-corrected chi connectivity index (χ2v) is 5.69. The Morgan fingerprint density at radius 1 is 1.26 bits per heavy atom. The minimum absolute atomic E-state index is 0.141. The molecule has 1 aliphatic rings. The summed E-state index contributed by atoms with van der Waals surface area (Å²) in [6, 6.07) is 5.79. The van der Waals surface area contributed by atoms with Crippen molar-refractivity contribution in [2.75, 3.05) is 0 Å². The lowest BCUT2D eigenvalue weighted by atomic mass is 10.2. The van der Waals surface area contributed by atoms with E-state index < -0.39 is 0 Å². The molecule has 7 heteroatoms. The van der Waals surface area contributed by atoms with Crippen molar-refractivity contribution in [1.29, 1.82) is 5.26 Å². The molecular formula is C16H14N6O. The van der Waals surface area contributed by atoms with Gasteiger partial charge >= 0.3 is 0 Å². The Labute approximate surface area is 131 Å². The number of nitrogens with one attached hydrogen (secondary N) is 1. The van der Waals surface area contributed by atoms with Gasteiger partial charge in [0.15, 0.2) is 11.3 Å². The summed E-state index contributed by atoms with van der Waals surface area (Å²) in [5, 5.41) is 13.9. The number of nitrogens with zero attached hydrogens (tertiary/aromatic N) is 5. The molecule has 1 N–H and O–H groups in total. The Hall–Kier alpha value is -3.01. The van der Waals surface area contributed by atoms with Gasteiger partial charge in [-0.3, -0.25) is 9.78 Å². The minimum Gasteiger partial charge on any atom is -0.306 e. The standard InChI is InChI=1S/C16H14N6O/c17-9-12-13-15(22(21-12)11-3-1-2-4-11)19-14(20-16(13)23)10-5-7-18-8-6-10/h5-8,11H,1-4H2,(H,19,20,23). The highest BCUT2D eigenvalue weighted by Crippen LogP contribution is 2.31. The summed E-state index contributed by atoms with van der Waals surface area (Å²) < 4.78 is 1.76. The first kappa shape index (κ1) is 13.6. The second kappa shape index (κ2) is 5.32. The smallest absolute Gasteiger partial charge is 0.263 e. The molecule has 1 aliphatic carbocycles. The van der Waals surface area contributed by atoms with Crippen LogP contribution >= 0.6 is 0 Å². The van der Waals surface area contributed by atoms with Gasteiger partial charge in [0.1, 0.15) is 17.3 Å². The first-order valence-electron chi connectivity index (χ1n) is 7.61. The van der Waals surface area contributed by atoms with E-state index in [-0.39, 0.29) is 22.7 Å². The molecule has 0 unspecified atom stereocenters. The lowest BCUT2D eigenvalue weighted by molar-refractivity contribution is 0.477. The largest absolute Gasteiger partial charge is 0.306 e. The second-order valence-electron chi connectivity index (χ2n) is 5.69. The fraction of sp³-hybridized carbons (Fsp3) is 0.312. The number of aromatic amines is 1. The summed E-state index contributed by atoms with van der Waals surface area (Å²) >= 11 is 0. The first-order chi connectivity index (χ1) is 11.3. The molecule has 0 atom stereocenters. The van der Waals surface area contributed by atoms with E-state index in [4.69, 9.17) is 0 Å². The molecule has 3 heterocycles. The van der Waals surface area contributed by atoms with Gasteiger partial charge in [0.25, 0.3) is 5.56 Å². The van der Waals surface area contributed by atoms with Crippen LogP contribution in [-0.2, 0) is 0 Å². The minimum atomic E-state index is -0.331. The lowest BCUT2D eigenvalue weighted by Gasteiger charge is -2.10.